The predicted molar refractivity (Wildman–Crippen MR) is 86.5 cm³/mol. The zero-order chi connectivity index (χ0) is 15.8. The van der Waals surface area contributed by atoms with Crippen LogP contribution in [0.1, 0.15) is 36.0 Å². The van der Waals surface area contributed by atoms with Gasteiger partial charge in [0.1, 0.15) is 5.82 Å². The van der Waals surface area contributed by atoms with Crippen molar-refractivity contribution >= 4 is 11.5 Å². The second-order valence-electron chi connectivity index (χ2n) is 6.08. The molecule has 0 N–H and O–H groups in total. The summed E-state index contributed by atoms with van der Waals surface area (Å²) in [6.45, 7) is 5.84. The van der Waals surface area contributed by atoms with E-state index in [4.69, 9.17) is 0 Å². The molecule has 3 aromatic heterocycles. The third-order valence-electron chi connectivity index (χ3n) is 4.37. The van der Waals surface area contributed by atoms with Crippen LogP contribution in [-0.4, -0.2) is 42.9 Å². The molecule has 3 aromatic rings. The van der Waals surface area contributed by atoms with E-state index in [9.17, 15) is 0 Å². The summed E-state index contributed by atoms with van der Waals surface area (Å²) in [7, 11) is 0. The fourth-order valence-corrected chi connectivity index (χ4v) is 3.07. The van der Waals surface area contributed by atoms with Crippen molar-refractivity contribution in [3.63, 3.8) is 0 Å². The van der Waals surface area contributed by atoms with Gasteiger partial charge in [0, 0.05) is 19.0 Å². The van der Waals surface area contributed by atoms with Gasteiger partial charge in [-0.3, -0.25) is 4.98 Å². The molecule has 0 aromatic carbocycles. The standard InChI is InChI=1S/C16H19N7/c1-11-3-4-14-19-20-16(23(14)21-11)13-5-7-22(8-6-13)15-10-17-12(2)9-18-15/h3-4,9-10,13H,5-8H2,1-2H3. The molecular formula is C16H19N7. The van der Waals surface area contributed by atoms with Crippen molar-refractivity contribution in [1.82, 2.24) is 29.8 Å². The number of hydrogen-bond acceptors (Lipinski definition) is 6. The smallest absolute Gasteiger partial charge is 0.177 e. The van der Waals surface area contributed by atoms with E-state index in [0.29, 0.717) is 5.92 Å². The van der Waals surface area contributed by atoms with Gasteiger partial charge in [0.2, 0.25) is 0 Å². The highest BCUT2D eigenvalue weighted by molar-refractivity contribution is 5.38. The Bertz CT molecular complexity index is 816. The molecule has 1 saturated heterocycles. The number of aromatic nitrogens is 6. The van der Waals surface area contributed by atoms with Crippen LogP contribution in [0.2, 0.25) is 0 Å². The minimum absolute atomic E-state index is 0.383. The maximum absolute atomic E-state index is 4.55. The molecule has 1 aliphatic heterocycles. The van der Waals surface area contributed by atoms with Crippen LogP contribution in [-0.2, 0) is 0 Å². The molecular weight excluding hydrogens is 290 g/mol. The molecule has 7 nitrogen and oxygen atoms in total. The maximum atomic E-state index is 4.55. The SMILES string of the molecule is Cc1cnc(N2CCC(c3nnc4ccc(C)nn34)CC2)cn1. The number of aryl methyl sites for hydroxylation is 2. The highest BCUT2D eigenvalue weighted by Gasteiger charge is 2.25. The minimum Gasteiger partial charge on any atom is -0.355 e. The Morgan fingerprint density at radius 2 is 1.78 bits per heavy atom. The first-order chi connectivity index (χ1) is 11.2. The van der Waals surface area contributed by atoms with Crippen molar-refractivity contribution in [2.45, 2.75) is 32.6 Å². The largest absolute Gasteiger partial charge is 0.355 e. The lowest BCUT2D eigenvalue weighted by atomic mass is 9.96. The van der Waals surface area contributed by atoms with Gasteiger partial charge in [-0.1, -0.05) is 0 Å². The number of nitrogens with zero attached hydrogens (tertiary/aromatic N) is 7. The molecule has 0 unspecified atom stereocenters. The molecule has 4 heterocycles. The van der Waals surface area contributed by atoms with E-state index in [0.717, 1.165) is 54.6 Å². The van der Waals surface area contributed by atoms with Crippen LogP contribution < -0.4 is 4.90 Å². The topological polar surface area (TPSA) is 72.1 Å². The molecule has 0 amide bonds. The van der Waals surface area contributed by atoms with Crippen LogP contribution >= 0.6 is 0 Å². The summed E-state index contributed by atoms with van der Waals surface area (Å²) in [5, 5.41) is 13.2. The molecule has 1 fully saturated rings. The first kappa shape index (κ1) is 14.0. The number of rotatable bonds is 2. The third-order valence-corrected chi connectivity index (χ3v) is 4.37. The number of piperidine rings is 1. The van der Waals surface area contributed by atoms with Gasteiger partial charge < -0.3 is 4.90 Å². The predicted octanol–water partition coefficient (Wildman–Crippen LogP) is 1.92. The maximum Gasteiger partial charge on any atom is 0.177 e. The molecule has 0 bridgehead atoms. The average molecular weight is 309 g/mol. The molecule has 4 rings (SSSR count). The van der Waals surface area contributed by atoms with Crippen molar-refractivity contribution < 1.29 is 0 Å². The van der Waals surface area contributed by atoms with E-state index in [1.165, 1.54) is 0 Å². The third kappa shape index (κ3) is 2.62. The van der Waals surface area contributed by atoms with Gasteiger partial charge >= 0.3 is 0 Å². The zero-order valence-corrected chi connectivity index (χ0v) is 13.3. The Kier molecular flexibility index (Phi) is 3.40. The molecule has 1 aliphatic rings. The molecule has 0 radical (unpaired) electrons. The second-order valence-corrected chi connectivity index (χ2v) is 6.08. The summed E-state index contributed by atoms with van der Waals surface area (Å²) in [5.41, 5.74) is 2.74. The summed E-state index contributed by atoms with van der Waals surface area (Å²) in [6.07, 6.45) is 5.71. The van der Waals surface area contributed by atoms with Crippen LogP contribution in [0, 0.1) is 13.8 Å². The lowest BCUT2D eigenvalue weighted by Gasteiger charge is -2.31. The normalized spacial score (nSPS) is 16.2. The van der Waals surface area contributed by atoms with Crippen LogP contribution in [0.5, 0.6) is 0 Å². The van der Waals surface area contributed by atoms with Crippen LogP contribution in [0.25, 0.3) is 5.65 Å². The van der Waals surface area contributed by atoms with Crippen LogP contribution in [0.15, 0.2) is 24.5 Å². The van der Waals surface area contributed by atoms with E-state index in [1.807, 2.05) is 42.9 Å². The molecule has 0 atom stereocenters. The highest BCUT2D eigenvalue weighted by Crippen LogP contribution is 2.28. The number of hydrogen-bond donors (Lipinski definition) is 0. The van der Waals surface area contributed by atoms with Crippen molar-refractivity contribution in [3.8, 4) is 0 Å². The lowest BCUT2D eigenvalue weighted by Crippen LogP contribution is -2.34. The molecule has 0 spiro atoms. The number of fused-ring (bicyclic) bond motifs is 1. The average Bonchev–Trinajstić information content (AvgIpc) is 2.99. The van der Waals surface area contributed by atoms with Gasteiger partial charge in [0.15, 0.2) is 11.5 Å². The van der Waals surface area contributed by atoms with Crippen molar-refractivity contribution in [1.29, 1.82) is 0 Å². The van der Waals surface area contributed by atoms with E-state index in [-0.39, 0.29) is 0 Å². The van der Waals surface area contributed by atoms with Crippen molar-refractivity contribution in [3.05, 3.63) is 41.7 Å². The van der Waals surface area contributed by atoms with E-state index in [1.54, 1.807) is 0 Å². The lowest BCUT2D eigenvalue weighted by molar-refractivity contribution is 0.474. The summed E-state index contributed by atoms with van der Waals surface area (Å²) in [6, 6.07) is 3.93. The van der Waals surface area contributed by atoms with Gasteiger partial charge in [-0.15, -0.1) is 10.2 Å². The van der Waals surface area contributed by atoms with E-state index >= 15 is 0 Å². The molecule has 7 heteroatoms. The van der Waals surface area contributed by atoms with Crippen LogP contribution in [0.4, 0.5) is 5.82 Å². The van der Waals surface area contributed by atoms with Gasteiger partial charge in [-0.25, -0.2) is 4.98 Å². The van der Waals surface area contributed by atoms with E-state index in [2.05, 4.69) is 30.2 Å². The quantitative estimate of drug-likeness (QED) is 0.720. The Morgan fingerprint density at radius 3 is 2.52 bits per heavy atom. The Balaban J connectivity index is 1.52. The van der Waals surface area contributed by atoms with Crippen LogP contribution in [0.3, 0.4) is 0 Å². The van der Waals surface area contributed by atoms with Crippen molar-refractivity contribution in [2.24, 2.45) is 0 Å². The summed E-state index contributed by atoms with van der Waals surface area (Å²) >= 11 is 0. The van der Waals surface area contributed by atoms with Gasteiger partial charge in [-0.05, 0) is 38.8 Å². The van der Waals surface area contributed by atoms with Gasteiger partial charge in [-0.2, -0.15) is 9.61 Å². The van der Waals surface area contributed by atoms with Gasteiger partial charge in [0.05, 0.1) is 23.8 Å². The van der Waals surface area contributed by atoms with Crippen molar-refractivity contribution in [2.75, 3.05) is 18.0 Å². The van der Waals surface area contributed by atoms with Gasteiger partial charge in [0.25, 0.3) is 0 Å². The summed E-state index contributed by atoms with van der Waals surface area (Å²) in [4.78, 5) is 11.1. The fourth-order valence-electron chi connectivity index (χ4n) is 3.07. The monoisotopic (exact) mass is 309 g/mol. The summed E-state index contributed by atoms with van der Waals surface area (Å²) < 4.78 is 1.89. The fraction of sp³-hybridized carbons (Fsp3) is 0.438. The molecule has 0 aliphatic carbocycles. The molecule has 118 valence electrons. The molecule has 0 saturated carbocycles. The minimum atomic E-state index is 0.383. The zero-order valence-electron chi connectivity index (χ0n) is 13.3. The first-order valence-electron chi connectivity index (χ1n) is 7.93. The first-order valence-corrected chi connectivity index (χ1v) is 7.93. The summed E-state index contributed by atoms with van der Waals surface area (Å²) in [5.74, 6) is 2.31. The van der Waals surface area contributed by atoms with E-state index < -0.39 is 0 Å². The highest BCUT2D eigenvalue weighted by atomic mass is 15.4. The molecule has 23 heavy (non-hydrogen) atoms. The second kappa shape index (κ2) is 5.57. The Hall–Kier alpha value is -2.57. The Labute approximate surface area is 134 Å². The Morgan fingerprint density at radius 1 is 0.957 bits per heavy atom. The number of anilines is 1.